The van der Waals surface area contributed by atoms with E-state index in [9.17, 15) is 9.59 Å². The second kappa shape index (κ2) is 6.06. The highest BCUT2D eigenvalue weighted by atomic mass is 32.1. The first-order chi connectivity index (χ1) is 9.13. The molecular weight excluding hydrogens is 264 g/mol. The van der Waals surface area contributed by atoms with Gasteiger partial charge in [0.2, 0.25) is 0 Å². The third-order valence-corrected chi connectivity index (χ3v) is 4.33. The maximum absolute atomic E-state index is 12.5. The molecule has 1 unspecified atom stereocenters. The van der Waals surface area contributed by atoms with E-state index in [1.54, 1.807) is 11.0 Å². The van der Waals surface area contributed by atoms with Crippen molar-refractivity contribution in [3.8, 4) is 0 Å². The van der Waals surface area contributed by atoms with Gasteiger partial charge in [-0.2, -0.15) is 0 Å². The lowest BCUT2D eigenvalue weighted by Gasteiger charge is -2.35. The van der Waals surface area contributed by atoms with E-state index in [4.69, 9.17) is 10.5 Å². The summed E-state index contributed by atoms with van der Waals surface area (Å²) in [6, 6.07) is 1.66. The van der Waals surface area contributed by atoms with Crippen LogP contribution in [0.15, 0.2) is 11.4 Å². The average molecular weight is 282 g/mol. The van der Waals surface area contributed by atoms with Crippen molar-refractivity contribution in [3.63, 3.8) is 0 Å². The number of esters is 1. The lowest BCUT2D eigenvalue weighted by atomic mass is 9.99. The predicted octanol–water partition coefficient (Wildman–Crippen LogP) is 1.89. The molecule has 2 heterocycles. The number of carbonyl (C=O) groups excluding carboxylic acids is 2. The van der Waals surface area contributed by atoms with Crippen LogP contribution in [0.25, 0.3) is 0 Å². The molecule has 2 N–H and O–H groups in total. The van der Waals surface area contributed by atoms with Crippen molar-refractivity contribution in [2.45, 2.75) is 31.7 Å². The molecule has 0 aliphatic carbocycles. The minimum Gasteiger partial charge on any atom is -0.469 e. The van der Waals surface area contributed by atoms with Crippen LogP contribution in [0.1, 0.15) is 35.4 Å². The zero-order chi connectivity index (χ0) is 13.8. The molecule has 0 saturated carbocycles. The van der Waals surface area contributed by atoms with Gasteiger partial charge in [-0.25, -0.2) is 0 Å². The molecule has 1 amide bonds. The van der Waals surface area contributed by atoms with E-state index in [0.717, 1.165) is 19.3 Å². The predicted molar refractivity (Wildman–Crippen MR) is 74.0 cm³/mol. The zero-order valence-corrected chi connectivity index (χ0v) is 11.7. The highest BCUT2D eigenvalue weighted by molar-refractivity contribution is 7.12. The molecule has 1 aromatic rings. The summed E-state index contributed by atoms with van der Waals surface area (Å²) < 4.78 is 4.70. The summed E-state index contributed by atoms with van der Waals surface area (Å²) in [6.45, 7) is 0.678. The fraction of sp³-hybridized carbons (Fsp3) is 0.538. The number of methoxy groups -OCH3 is 1. The lowest BCUT2D eigenvalue weighted by Crippen LogP contribution is -2.44. The van der Waals surface area contributed by atoms with Crippen LogP contribution in [0, 0.1) is 0 Å². The van der Waals surface area contributed by atoms with E-state index in [2.05, 4.69) is 0 Å². The number of ether oxygens (including phenoxy) is 1. The van der Waals surface area contributed by atoms with E-state index < -0.39 is 0 Å². The monoisotopic (exact) mass is 282 g/mol. The molecule has 19 heavy (non-hydrogen) atoms. The van der Waals surface area contributed by atoms with Crippen LogP contribution in [0.4, 0.5) is 5.69 Å². The largest absolute Gasteiger partial charge is 0.469 e. The summed E-state index contributed by atoms with van der Waals surface area (Å²) in [4.78, 5) is 26.2. The number of anilines is 1. The van der Waals surface area contributed by atoms with Gasteiger partial charge in [0.05, 0.1) is 19.2 Å². The van der Waals surface area contributed by atoms with Crippen LogP contribution in [-0.2, 0) is 9.53 Å². The Bertz CT molecular complexity index is 472. The van der Waals surface area contributed by atoms with Gasteiger partial charge in [0.25, 0.3) is 5.91 Å². The SMILES string of the molecule is COC(=O)CC1CCCCN1C(=O)c1sccc1N. The number of carbonyl (C=O) groups is 2. The van der Waals surface area contributed by atoms with Crippen LogP contribution in [-0.4, -0.2) is 36.5 Å². The molecule has 1 aromatic heterocycles. The number of thiophene rings is 1. The number of rotatable bonds is 3. The molecule has 0 aromatic carbocycles. The van der Waals surface area contributed by atoms with Gasteiger partial charge in [-0.3, -0.25) is 9.59 Å². The van der Waals surface area contributed by atoms with Crippen molar-refractivity contribution >= 4 is 28.9 Å². The van der Waals surface area contributed by atoms with Gasteiger partial charge in [0, 0.05) is 12.6 Å². The van der Waals surface area contributed by atoms with Gasteiger partial charge in [0.15, 0.2) is 0 Å². The maximum atomic E-state index is 12.5. The smallest absolute Gasteiger partial charge is 0.307 e. The lowest BCUT2D eigenvalue weighted by molar-refractivity contribution is -0.142. The number of hydrogen-bond donors (Lipinski definition) is 1. The molecule has 104 valence electrons. The maximum Gasteiger partial charge on any atom is 0.307 e. The summed E-state index contributed by atoms with van der Waals surface area (Å²) in [5.74, 6) is -0.343. The Morgan fingerprint density at radius 3 is 2.95 bits per heavy atom. The van der Waals surface area contributed by atoms with Crippen LogP contribution < -0.4 is 5.73 Å². The van der Waals surface area contributed by atoms with Crippen molar-refractivity contribution in [2.24, 2.45) is 0 Å². The molecule has 6 heteroatoms. The minimum atomic E-state index is -0.274. The molecule has 1 saturated heterocycles. The summed E-state index contributed by atoms with van der Waals surface area (Å²) in [6.07, 6.45) is 3.10. The molecule has 0 radical (unpaired) electrons. The molecule has 0 bridgehead atoms. The zero-order valence-electron chi connectivity index (χ0n) is 10.9. The number of hydrogen-bond acceptors (Lipinski definition) is 5. The van der Waals surface area contributed by atoms with Gasteiger partial charge in [0.1, 0.15) is 4.88 Å². The summed E-state index contributed by atoms with van der Waals surface area (Å²) in [5, 5.41) is 1.81. The molecule has 1 atom stereocenters. The third-order valence-electron chi connectivity index (χ3n) is 3.41. The standard InChI is InChI=1S/C13H18N2O3S/c1-18-11(16)8-9-4-2-3-6-15(9)13(17)12-10(14)5-7-19-12/h5,7,9H,2-4,6,8,14H2,1H3. The number of nitrogen functional groups attached to an aromatic ring is 1. The van der Waals surface area contributed by atoms with Gasteiger partial charge in [-0.1, -0.05) is 0 Å². The number of nitrogens with zero attached hydrogens (tertiary/aromatic N) is 1. The Hall–Kier alpha value is -1.56. The Labute approximate surface area is 116 Å². The fourth-order valence-electron chi connectivity index (χ4n) is 2.38. The van der Waals surface area contributed by atoms with Crippen molar-refractivity contribution < 1.29 is 14.3 Å². The molecule has 1 aliphatic heterocycles. The van der Waals surface area contributed by atoms with E-state index in [-0.39, 0.29) is 24.3 Å². The number of amides is 1. The number of piperidine rings is 1. The molecule has 5 nitrogen and oxygen atoms in total. The van der Waals surface area contributed by atoms with E-state index in [1.807, 2.05) is 5.38 Å². The summed E-state index contributed by atoms with van der Waals surface area (Å²) in [7, 11) is 1.37. The van der Waals surface area contributed by atoms with Gasteiger partial charge in [-0.05, 0) is 30.7 Å². The summed E-state index contributed by atoms with van der Waals surface area (Å²) >= 11 is 1.35. The highest BCUT2D eigenvalue weighted by Crippen LogP contribution is 2.26. The molecule has 1 fully saturated rings. The van der Waals surface area contributed by atoms with Crippen molar-refractivity contribution in [2.75, 3.05) is 19.4 Å². The Morgan fingerprint density at radius 2 is 2.32 bits per heavy atom. The Kier molecular flexibility index (Phi) is 4.42. The van der Waals surface area contributed by atoms with E-state index in [0.29, 0.717) is 17.1 Å². The van der Waals surface area contributed by atoms with Crippen LogP contribution >= 0.6 is 11.3 Å². The Morgan fingerprint density at radius 1 is 1.53 bits per heavy atom. The molecule has 2 rings (SSSR count). The Balaban J connectivity index is 2.13. The second-order valence-electron chi connectivity index (χ2n) is 4.63. The topological polar surface area (TPSA) is 72.6 Å². The molecule has 0 spiro atoms. The van der Waals surface area contributed by atoms with Crippen molar-refractivity contribution in [1.82, 2.24) is 4.90 Å². The second-order valence-corrected chi connectivity index (χ2v) is 5.55. The van der Waals surface area contributed by atoms with Gasteiger partial charge >= 0.3 is 5.97 Å². The van der Waals surface area contributed by atoms with Crippen molar-refractivity contribution in [1.29, 1.82) is 0 Å². The first-order valence-corrected chi connectivity index (χ1v) is 7.22. The van der Waals surface area contributed by atoms with Crippen LogP contribution in [0.3, 0.4) is 0 Å². The average Bonchev–Trinajstić information content (AvgIpc) is 2.84. The normalized spacial score (nSPS) is 19.2. The van der Waals surface area contributed by atoms with Crippen molar-refractivity contribution in [3.05, 3.63) is 16.3 Å². The summed E-state index contributed by atoms with van der Waals surface area (Å²) in [5.41, 5.74) is 6.30. The van der Waals surface area contributed by atoms with Gasteiger partial charge < -0.3 is 15.4 Å². The van der Waals surface area contributed by atoms with Crippen LogP contribution in [0.2, 0.25) is 0 Å². The quantitative estimate of drug-likeness (QED) is 0.859. The van der Waals surface area contributed by atoms with Gasteiger partial charge in [-0.15, -0.1) is 11.3 Å². The third kappa shape index (κ3) is 3.07. The van der Waals surface area contributed by atoms with E-state index in [1.165, 1.54) is 18.4 Å². The molecule has 1 aliphatic rings. The number of likely N-dealkylation sites (tertiary alicyclic amines) is 1. The first-order valence-electron chi connectivity index (χ1n) is 6.34. The fourth-order valence-corrected chi connectivity index (χ4v) is 3.15. The minimum absolute atomic E-state index is 0.0684. The van der Waals surface area contributed by atoms with Crippen LogP contribution in [0.5, 0.6) is 0 Å². The highest BCUT2D eigenvalue weighted by Gasteiger charge is 2.30. The molecular formula is C13H18N2O3S. The van der Waals surface area contributed by atoms with E-state index >= 15 is 0 Å². The number of nitrogens with two attached hydrogens (primary N) is 1. The first kappa shape index (κ1) is 13.9.